The Labute approximate surface area is 161 Å². The Kier molecular flexibility index (Phi) is 6.10. The highest BCUT2D eigenvalue weighted by Gasteiger charge is 2.08. The number of hydrogen-bond acceptors (Lipinski definition) is 4. The maximum atomic E-state index is 12.1. The predicted molar refractivity (Wildman–Crippen MR) is 101 cm³/mol. The number of halogens is 2. The van der Waals surface area contributed by atoms with Crippen molar-refractivity contribution >= 4 is 29.2 Å². The van der Waals surface area contributed by atoms with Crippen LogP contribution < -0.4 is 4.74 Å². The lowest BCUT2D eigenvalue weighted by atomic mass is 10.1. The zero-order valence-corrected chi connectivity index (χ0v) is 15.2. The summed E-state index contributed by atoms with van der Waals surface area (Å²) in [7, 11) is 0. The number of aromatic nitrogens is 1. The second kappa shape index (κ2) is 8.70. The molecule has 0 unspecified atom stereocenters. The fraction of sp³-hybridized carbons (Fsp3) is 0.100. The van der Waals surface area contributed by atoms with Crippen molar-refractivity contribution in [3.63, 3.8) is 0 Å². The number of hydrogen-bond donors (Lipinski definition) is 0. The van der Waals surface area contributed by atoms with E-state index in [0.29, 0.717) is 33.7 Å². The monoisotopic (exact) mass is 387 g/mol. The van der Waals surface area contributed by atoms with Crippen LogP contribution in [0.2, 0.25) is 10.0 Å². The van der Waals surface area contributed by atoms with Gasteiger partial charge in [0.05, 0.1) is 16.3 Å². The second-order valence-electron chi connectivity index (χ2n) is 5.46. The van der Waals surface area contributed by atoms with Gasteiger partial charge in [0, 0.05) is 11.2 Å². The summed E-state index contributed by atoms with van der Waals surface area (Å²) in [4.78, 5) is 16.2. The molecule has 1 heterocycles. The summed E-state index contributed by atoms with van der Waals surface area (Å²) < 4.78 is 10.9. The molecule has 0 radical (unpaired) electrons. The molecule has 4 nitrogen and oxygen atoms in total. The molecular weight excluding hydrogens is 373 g/mol. The fourth-order valence-electron chi connectivity index (χ4n) is 2.20. The third-order valence-corrected chi connectivity index (χ3v) is 4.09. The lowest BCUT2D eigenvalue weighted by molar-refractivity contribution is 0.0467. The predicted octanol–water partition coefficient (Wildman–Crippen LogP) is 5.32. The fourth-order valence-corrected chi connectivity index (χ4v) is 2.66. The van der Waals surface area contributed by atoms with E-state index >= 15 is 0 Å². The third-order valence-electron chi connectivity index (χ3n) is 3.56. The van der Waals surface area contributed by atoms with E-state index in [2.05, 4.69) is 4.98 Å². The van der Waals surface area contributed by atoms with Gasteiger partial charge in [0.25, 0.3) is 0 Å². The molecule has 0 atom stereocenters. The van der Waals surface area contributed by atoms with E-state index in [1.165, 1.54) is 0 Å². The Morgan fingerprint density at radius 2 is 1.77 bits per heavy atom. The number of esters is 1. The Morgan fingerprint density at radius 3 is 2.46 bits per heavy atom. The van der Waals surface area contributed by atoms with Crippen LogP contribution in [-0.4, -0.2) is 11.0 Å². The minimum atomic E-state index is -0.399. The van der Waals surface area contributed by atoms with Gasteiger partial charge in [-0.3, -0.25) is 4.98 Å². The van der Waals surface area contributed by atoms with Gasteiger partial charge >= 0.3 is 5.97 Å². The van der Waals surface area contributed by atoms with Crippen molar-refractivity contribution < 1.29 is 14.3 Å². The summed E-state index contributed by atoms with van der Waals surface area (Å²) in [6, 6.07) is 17.5. The number of ether oxygens (including phenoxy) is 2. The summed E-state index contributed by atoms with van der Waals surface area (Å²) in [6.45, 7) is 0.463. The summed E-state index contributed by atoms with van der Waals surface area (Å²) in [6.07, 6.45) is 1.66. The van der Waals surface area contributed by atoms with E-state index in [9.17, 15) is 4.79 Å². The Bertz CT molecular complexity index is 883. The van der Waals surface area contributed by atoms with Crippen molar-refractivity contribution in [2.75, 3.05) is 0 Å². The number of benzene rings is 2. The molecule has 0 amide bonds. The average molecular weight is 388 g/mol. The van der Waals surface area contributed by atoms with E-state index in [0.717, 1.165) is 5.56 Å². The molecule has 1 aromatic heterocycles. The zero-order valence-electron chi connectivity index (χ0n) is 13.7. The van der Waals surface area contributed by atoms with Crippen LogP contribution in [-0.2, 0) is 18.0 Å². The minimum Gasteiger partial charge on any atom is -0.487 e. The van der Waals surface area contributed by atoms with E-state index in [1.54, 1.807) is 54.7 Å². The number of pyridine rings is 1. The van der Waals surface area contributed by atoms with Gasteiger partial charge in [0.1, 0.15) is 19.0 Å². The van der Waals surface area contributed by atoms with E-state index < -0.39 is 5.97 Å². The van der Waals surface area contributed by atoms with Crippen LogP contribution in [0.1, 0.15) is 21.6 Å². The number of carbonyl (C=O) groups is 1. The van der Waals surface area contributed by atoms with Gasteiger partial charge in [0.2, 0.25) is 0 Å². The van der Waals surface area contributed by atoms with Gasteiger partial charge in [-0.1, -0.05) is 41.4 Å². The molecule has 0 N–H and O–H groups in total. The zero-order chi connectivity index (χ0) is 18.4. The van der Waals surface area contributed by atoms with Crippen LogP contribution in [0.4, 0.5) is 0 Å². The van der Waals surface area contributed by atoms with Crippen molar-refractivity contribution in [3.8, 4) is 5.75 Å². The van der Waals surface area contributed by atoms with Gasteiger partial charge in [-0.15, -0.1) is 0 Å². The van der Waals surface area contributed by atoms with E-state index in [4.69, 9.17) is 32.7 Å². The van der Waals surface area contributed by atoms with Gasteiger partial charge < -0.3 is 9.47 Å². The molecule has 26 heavy (non-hydrogen) atoms. The van der Waals surface area contributed by atoms with E-state index in [-0.39, 0.29) is 6.61 Å². The molecule has 3 aromatic rings. The second-order valence-corrected chi connectivity index (χ2v) is 6.30. The summed E-state index contributed by atoms with van der Waals surface area (Å²) in [5.41, 5.74) is 2.07. The van der Waals surface area contributed by atoms with Crippen LogP contribution in [0.15, 0.2) is 66.9 Å². The van der Waals surface area contributed by atoms with E-state index in [1.807, 2.05) is 12.1 Å². The molecule has 2 aromatic carbocycles. The van der Waals surface area contributed by atoms with Crippen molar-refractivity contribution in [2.45, 2.75) is 13.2 Å². The average Bonchev–Trinajstić information content (AvgIpc) is 2.67. The molecule has 0 aliphatic heterocycles. The number of carbonyl (C=O) groups excluding carboxylic acids is 1. The first kappa shape index (κ1) is 18.2. The lowest BCUT2D eigenvalue weighted by Crippen LogP contribution is -2.06. The molecule has 0 saturated carbocycles. The van der Waals surface area contributed by atoms with Crippen LogP contribution in [0.5, 0.6) is 5.75 Å². The summed E-state index contributed by atoms with van der Waals surface area (Å²) >= 11 is 11.9. The Hall–Kier alpha value is -2.56. The lowest BCUT2D eigenvalue weighted by Gasteiger charge is -2.09. The third kappa shape index (κ3) is 4.97. The van der Waals surface area contributed by atoms with Crippen molar-refractivity contribution in [3.05, 3.63) is 93.7 Å². The van der Waals surface area contributed by atoms with Gasteiger partial charge in [-0.25, -0.2) is 4.79 Å². The first-order valence-corrected chi connectivity index (χ1v) is 8.61. The molecule has 0 bridgehead atoms. The van der Waals surface area contributed by atoms with Gasteiger partial charge in [-0.2, -0.15) is 0 Å². The van der Waals surface area contributed by atoms with Crippen molar-refractivity contribution in [2.24, 2.45) is 0 Å². The topological polar surface area (TPSA) is 48.4 Å². The Morgan fingerprint density at radius 1 is 0.962 bits per heavy atom. The molecule has 3 rings (SSSR count). The largest absolute Gasteiger partial charge is 0.487 e. The van der Waals surface area contributed by atoms with Crippen molar-refractivity contribution in [1.29, 1.82) is 0 Å². The van der Waals surface area contributed by atoms with Crippen LogP contribution in [0, 0.1) is 0 Å². The molecule has 0 saturated heterocycles. The maximum absolute atomic E-state index is 12.1. The first-order chi connectivity index (χ1) is 12.6. The normalized spacial score (nSPS) is 10.4. The highest BCUT2D eigenvalue weighted by Crippen LogP contribution is 2.28. The molecule has 6 heteroatoms. The highest BCUT2D eigenvalue weighted by atomic mass is 35.5. The molecule has 0 aliphatic carbocycles. The molecule has 0 spiro atoms. The Balaban J connectivity index is 1.55. The van der Waals surface area contributed by atoms with Crippen LogP contribution >= 0.6 is 23.2 Å². The minimum absolute atomic E-state index is 0.138. The maximum Gasteiger partial charge on any atom is 0.338 e. The van der Waals surface area contributed by atoms with Gasteiger partial charge in [-0.05, 0) is 48.0 Å². The quantitative estimate of drug-likeness (QED) is 0.536. The highest BCUT2D eigenvalue weighted by molar-refractivity contribution is 6.35. The summed E-state index contributed by atoms with van der Waals surface area (Å²) in [5.74, 6) is 0.152. The first-order valence-electron chi connectivity index (χ1n) is 7.85. The molecule has 0 fully saturated rings. The smallest absolute Gasteiger partial charge is 0.338 e. The molecule has 0 aliphatic rings. The van der Waals surface area contributed by atoms with Crippen molar-refractivity contribution in [1.82, 2.24) is 4.98 Å². The van der Waals surface area contributed by atoms with Gasteiger partial charge in [0.15, 0.2) is 0 Å². The summed E-state index contributed by atoms with van der Waals surface area (Å²) in [5, 5.41) is 1.00. The standard InChI is InChI=1S/C20H15Cl2NO3/c21-16-8-9-19(18(22)11-16)25-12-14-4-6-15(7-5-14)20(24)26-13-17-3-1-2-10-23-17/h1-11H,12-13H2. The van der Waals surface area contributed by atoms with Crippen LogP contribution in [0.3, 0.4) is 0 Å². The number of nitrogens with zero attached hydrogens (tertiary/aromatic N) is 1. The molecular formula is C20H15Cl2NO3. The van der Waals surface area contributed by atoms with Crippen LogP contribution in [0.25, 0.3) is 0 Å². The SMILES string of the molecule is O=C(OCc1ccccn1)c1ccc(COc2ccc(Cl)cc2Cl)cc1. The number of rotatable bonds is 6. The molecule has 132 valence electrons.